The Kier molecular flexibility index (Phi) is 3.35. The molecule has 0 aliphatic heterocycles. The Labute approximate surface area is 99.9 Å². The van der Waals surface area contributed by atoms with Crippen molar-refractivity contribution in [3.63, 3.8) is 0 Å². The zero-order valence-electron chi connectivity index (χ0n) is 9.79. The van der Waals surface area contributed by atoms with Crippen molar-refractivity contribution in [1.82, 2.24) is 9.97 Å². The van der Waals surface area contributed by atoms with E-state index in [1.165, 1.54) is 0 Å². The SMILES string of the molecule is COc1cncc(C(O)c2ncccc2C)c1. The van der Waals surface area contributed by atoms with E-state index in [1.807, 2.05) is 19.1 Å². The first-order chi connectivity index (χ1) is 8.22. The third kappa shape index (κ3) is 2.42. The Morgan fingerprint density at radius 1 is 1.35 bits per heavy atom. The Hall–Kier alpha value is -1.94. The highest BCUT2D eigenvalue weighted by Crippen LogP contribution is 2.24. The van der Waals surface area contributed by atoms with Crippen molar-refractivity contribution in [2.24, 2.45) is 0 Å². The molecule has 0 aliphatic carbocycles. The van der Waals surface area contributed by atoms with E-state index in [1.54, 1.807) is 31.8 Å². The average molecular weight is 230 g/mol. The van der Waals surface area contributed by atoms with E-state index in [0.717, 1.165) is 5.56 Å². The molecule has 2 aromatic rings. The van der Waals surface area contributed by atoms with Crippen molar-refractivity contribution < 1.29 is 9.84 Å². The number of aromatic nitrogens is 2. The van der Waals surface area contributed by atoms with E-state index < -0.39 is 6.10 Å². The number of aliphatic hydroxyl groups is 1. The molecule has 0 amide bonds. The van der Waals surface area contributed by atoms with Crippen LogP contribution in [0.25, 0.3) is 0 Å². The molecule has 0 aromatic carbocycles. The molecule has 2 aromatic heterocycles. The first-order valence-corrected chi connectivity index (χ1v) is 5.31. The minimum absolute atomic E-state index is 0.620. The van der Waals surface area contributed by atoms with Crippen molar-refractivity contribution in [3.8, 4) is 5.75 Å². The van der Waals surface area contributed by atoms with Gasteiger partial charge in [-0.3, -0.25) is 9.97 Å². The standard InChI is InChI=1S/C13H14N2O2/c1-9-4-3-5-15-12(9)13(16)10-6-11(17-2)8-14-7-10/h3-8,13,16H,1-2H3. The summed E-state index contributed by atoms with van der Waals surface area (Å²) in [6.07, 6.45) is 4.10. The van der Waals surface area contributed by atoms with E-state index >= 15 is 0 Å². The molecule has 17 heavy (non-hydrogen) atoms. The normalized spacial score (nSPS) is 12.2. The number of pyridine rings is 2. The molecule has 0 saturated carbocycles. The number of nitrogens with zero attached hydrogens (tertiary/aromatic N) is 2. The van der Waals surface area contributed by atoms with E-state index in [0.29, 0.717) is 17.0 Å². The summed E-state index contributed by atoms with van der Waals surface area (Å²) in [6.45, 7) is 1.92. The number of hydrogen-bond donors (Lipinski definition) is 1. The van der Waals surface area contributed by atoms with Gasteiger partial charge in [0.05, 0.1) is 19.0 Å². The summed E-state index contributed by atoms with van der Waals surface area (Å²) in [6, 6.07) is 5.51. The summed E-state index contributed by atoms with van der Waals surface area (Å²) in [5.41, 5.74) is 2.26. The average Bonchev–Trinajstić information content (AvgIpc) is 2.38. The fourth-order valence-electron chi connectivity index (χ4n) is 1.64. The van der Waals surface area contributed by atoms with Gasteiger partial charge in [-0.1, -0.05) is 6.07 Å². The molecule has 4 heteroatoms. The predicted molar refractivity (Wildman–Crippen MR) is 63.8 cm³/mol. The number of aryl methyl sites for hydroxylation is 1. The lowest BCUT2D eigenvalue weighted by molar-refractivity contribution is 0.213. The maximum atomic E-state index is 10.2. The summed E-state index contributed by atoms with van der Waals surface area (Å²) < 4.78 is 5.08. The van der Waals surface area contributed by atoms with Gasteiger partial charge in [0.2, 0.25) is 0 Å². The second-order valence-corrected chi connectivity index (χ2v) is 3.77. The molecule has 1 atom stereocenters. The second kappa shape index (κ2) is 4.93. The van der Waals surface area contributed by atoms with E-state index in [4.69, 9.17) is 4.74 Å². The van der Waals surface area contributed by atoms with Gasteiger partial charge in [-0.25, -0.2) is 0 Å². The third-order valence-corrected chi connectivity index (χ3v) is 2.59. The quantitative estimate of drug-likeness (QED) is 0.874. The summed E-state index contributed by atoms with van der Waals surface area (Å²) in [7, 11) is 1.57. The first-order valence-electron chi connectivity index (χ1n) is 5.31. The molecular weight excluding hydrogens is 216 g/mol. The molecule has 1 unspecified atom stereocenters. The van der Waals surface area contributed by atoms with Crippen LogP contribution in [0.15, 0.2) is 36.8 Å². The van der Waals surface area contributed by atoms with Crippen LogP contribution >= 0.6 is 0 Å². The molecule has 2 rings (SSSR count). The minimum atomic E-state index is -0.779. The fourth-order valence-corrected chi connectivity index (χ4v) is 1.64. The largest absolute Gasteiger partial charge is 0.495 e. The van der Waals surface area contributed by atoms with Crippen LogP contribution in [-0.4, -0.2) is 22.2 Å². The van der Waals surface area contributed by atoms with Gasteiger partial charge in [0.1, 0.15) is 11.9 Å². The lowest BCUT2D eigenvalue weighted by Crippen LogP contribution is -2.05. The van der Waals surface area contributed by atoms with Crippen molar-refractivity contribution >= 4 is 0 Å². The molecule has 1 N–H and O–H groups in total. The third-order valence-electron chi connectivity index (χ3n) is 2.59. The number of methoxy groups -OCH3 is 1. The molecule has 0 fully saturated rings. The summed E-state index contributed by atoms with van der Waals surface area (Å²) in [4.78, 5) is 8.21. The summed E-state index contributed by atoms with van der Waals surface area (Å²) in [5, 5.41) is 10.2. The second-order valence-electron chi connectivity index (χ2n) is 3.77. The molecule has 2 heterocycles. The highest BCUT2D eigenvalue weighted by Gasteiger charge is 2.14. The first kappa shape index (κ1) is 11.5. The van der Waals surface area contributed by atoms with E-state index in [-0.39, 0.29) is 0 Å². The molecule has 0 saturated heterocycles. The molecule has 0 spiro atoms. The van der Waals surface area contributed by atoms with Crippen molar-refractivity contribution in [3.05, 3.63) is 53.6 Å². The van der Waals surface area contributed by atoms with Crippen LogP contribution in [0.4, 0.5) is 0 Å². The van der Waals surface area contributed by atoms with Gasteiger partial charge >= 0.3 is 0 Å². The number of rotatable bonds is 3. The molecule has 0 bridgehead atoms. The van der Waals surface area contributed by atoms with Crippen LogP contribution in [0.5, 0.6) is 5.75 Å². The maximum Gasteiger partial charge on any atom is 0.137 e. The molecule has 0 aliphatic rings. The summed E-state index contributed by atoms with van der Waals surface area (Å²) in [5.74, 6) is 0.620. The van der Waals surface area contributed by atoms with E-state index in [2.05, 4.69) is 9.97 Å². The van der Waals surface area contributed by atoms with Crippen LogP contribution in [0.3, 0.4) is 0 Å². The lowest BCUT2D eigenvalue weighted by Gasteiger charge is -2.13. The number of hydrogen-bond acceptors (Lipinski definition) is 4. The van der Waals surface area contributed by atoms with Gasteiger partial charge in [-0.05, 0) is 24.6 Å². The molecule has 88 valence electrons. The Morgan fingerprint density at radius 2 is 2.18 bits per heavy atom. The molecular formula is C13H14N2O2. The van der Waals surface area contributed by atoms with Crippen LogP contribution < -0.4 is 4.74 Å². The number of ether oxygens (including phenoxy) is 1. The van der Waals surface area contributed by atoms with Crippen LogP contribution in [0, 0.1) is 6.92 Å². The predicted octanol–water partition coefficient (Wildman–Crippen LogP) is 1.88. The molecule has 0 radical (unpaired) electrons. The van der Waals surface area contributed by atoms with Gasteiger partial charge in [0, 0.05) is 18.0 Å². The zero-order chi connectivity index (χ0) is 12.3. The van der Waals surface area contributed by atoms with Gasteiger partial charge in [0.25, 0.3) is 0 Å². The topological polar surface area (TPSA) is 55.2 Å². The van der Waals surface area contributed by atoms with Gasteiger partial charge < -0.3 is 9.84 Å². The lowest BCUT2D eigenvalue weighted by atomic mass is 10.0. The summed E-state index contributed by atoms with van der Waals surface area (Å²) >= 11 is 0. The van der Waals surface area contributed by atoms with Gasteiger partial charge in [0.15, 0.2) is 0 Å². The van der Waals surface area contributed by atoms with Gasteiger partial charge in [-0.15, -0.1) is 0 Å². The fraction of sp³-hybridized carbons (Fsp3) is 0.231. The Balaban J connectivity index is 2.37. The van der Waals surface area contributed by atoms with Crippen molar-refractivity contribution in [1.29, 1.82) is 0 Å². The van der Waals surface area contributed by atoms with Crippen LogP contribution in [0.1, 0.15) is 22.9 Å². The smallest absolute Gasteiger partial charge is 0.137 e. The Morgan fingerprint density at radius 3 is 2.88 bits per heavy atom. The monoisotopic (exact) mass is 230 g/mol. The highest BCUT2D eigenvalue weighted by atomic mass is 16.5. The van der Waals surface area contributed by atoms with Crippen molar-refractivity contribution in [2.45, 2.75) is 13.0 Å². The number of aliphatic hydroxyl groups excluding tert-OH is 1. The minimum Gasteiger partial charge on any atom is -0.495 e. The molecule has 4 nitrogen and oxygen atoms in total. The van der Waals surface area contributed by atoms with Gasteiger partial charge in [-0.2, -0.15) is 0 Å². The Bertz CT molecular complexity index is 514. The van der Waals surface area contributed by atoms with E-state index in [9.17, 15) is 5.11 Å². The zero-order valence-corrected chi connectivity index (χ0v) is 9.79. The highest BCUT2D eigenvalue weighted by molar-refractivity contribution is 5.32. The van der Waals surface area contributed by atoms with Crippen molar-refractivity contribution in [2.75, 3.05) is 7.11 Å². The van der Waals surface area contributed by atoms with Crippen LogP contribution in [0.2, 0.25) is 0 Å². The van der Waals surface area contributed by atoms with Crippen LogP contribution in [-0.2, 0) is 0 Å². The maximum absolute atomic E-state index is 10.2.